The Morgan fingerprint density at radius 3 is 2.61 bits per heavy atom. The van der Waals surface area contributed by atoms with Gasteiger partial charge in [0.2, 0.25) is 0 Å². The zero-order valence-electron chi connectivity index (χ0n) is 10.6. The highest BCUT2D eigenvalue weighted by Crippen LogP contribution is 2.23. The lowest BCUT2D eigenvalue weighted by Gasteiger charge is -2.19. The van der Waals surface area contributed by atoms with Gasteiger partial charge in [0.05, 0.1) is 18.8 Å². The normalized spacial score (nSPS) is 14.1. The van der Waals surface area contributed by atoms with Crippen LogP contribution >= 0.6 is 0 Å². The Hall–Kier alpha value is -1.43. The summed E-state index contributed by atoms with van der Waals surface area (Å²) >= 11 is 0. The Labute approximate surface area is 106 Å². The quantitative estimate of drug-likeness (QED) is 0.665. The van der Waals surface area contributed by atoms with Gasteiger partial charge in [-0.2, -0.15) is 0 Å². The molecule has 4 N–H and O–H groups in total. The van der Waals surface area contributed by atoms with Gasteiger partial charge in [0.1, 0.15) is 6.10 Å². The smallest absolute Gasteiger partial charge is 0.337 e. The Morgan fingerprint density at radius 1 is 1.44 bits per heavy atom. The summed E-state index contributed by atoms with van der Waals surface area (Å²) in [6.07, 6.45) is -1.59. The molecular formula is C13H19NO4. The van der Waals surface area contributed by atoms with Gasteiger partial charge in [0, 0.05) is 0 Å². The molecular weight excluding hydrogens is 234 g/mol. The molecule has 1 aromatic rings. The van der Waals surface area contributed by atoms with Crippen LogP contribution < -0.4 is 5.73 Å². The monoisotopic (exact) mass is 253 g/mol. The van der Waals surface area contributed by atoms with Gasteiger partial charge in [0.25, 0.3) is 0 Å². The van der Waals surface area contributed by atoms with E-state index in [0.29, 0.717) is 24.1 Å². The van der Waals surface area contributed by atoms with Crippen molar-refractivity contribution in [3.05, 3.63) is 34.9 Å². The van der Waals surface area contributed by atoms with Crippen molar-refractivity contribution in [3.8, 4) is 0 Å². The molecule has 0 aliphatic carbocycles. The first kappa shape index (κ1) is 14.6. The average Bonchev–Trinajstić information content (AvgIpc) is 2.37. The average molecular weight is 253 g/mol. The Bertz CT molecular complexity index is 419. The molecule has 0 amide bonds. The number of aliphatic hydroxyl groups excluding tert-OH is 2. The highest BCUT2D eigenvalue weighted by molar-refractivity contribution is 5.89. The summed E-state index contributed by atoms with van der Waals surface area (Å²) in [4.78, 5) is 11.3. The number of methoxy groups -OCH3 is 1. The second-order valence-electron chi connectivity index (χ2n) is 4.15. The SMILES string of the molecule is COC(=O)c1ccc(C(O)C(O)CCN)c(C)c1. The third kappa shape index (κ3) is 3.29. The largest absolute Gasteiger partial charge is 0.465 e. The van der Waals surface area contributed by atoms with E-state index < -0.39 is 18.2 Å². The van der Waals surface area contributed by atoms with Gasteiger partial charge in [-0.15, -0.1) is 0 Å². The van der Waals surface area contributed by atoms with Crippen LogP contribution in [0.5, 0.6) is 0 Å². The number of esters is 1. The van der Waals surface area contributed by atoms with Crippen LogP contribution in [0.25, 0.3) is 0 Å². The molecule has 0 bridgehead atoms. The fourth-order valence-corrected chi connectivity index (χ4v) is 1.79. The van der Waals surface area contributed by atoms with Gasteiger partial charge >= 0.3 is 5.97 Å². The lowest BCUT2D eigenvalue weighted by molar-refractivity contribution is 0.0146. The number of benzene rings is 1. The fourth-order valence-electron chi connectivity index (χ4n) is 1.79. The van der Waals surface area contributed by atoms with Crippen LogP contribution in [0.2, 0.25) is 0 Å². The van der Waals surface area contributed by atoms with Crippen molar-refractivity contribution in [2.24, 2.45) is 5.73 Å². The molecule has 0 fully saturated rings. The second-order valence-corrected chi connectivity index (χ2v) is 4.15. The van der Waals surface area contributed by atoms with Crippen LogP contribution in [0, 0.1) is 6.92 Å². The molecule has 0 saturated carbocycles. The first-order chi connectivity index (χ1) is 8.51. The molecule has 0 aromatic heterocycles. The minimum Gasteiger partial charge on any atom is -0.465 e. The number of hydrogen-bond acceptors (Lipinski definition) is 5. The van der Waals surface area contributed by atoms with Crippen LogP contribution in [-0.4, -0.2) is 35.9 Å². The van der Waals surface area contributed by atoms with Crippen molar-refractivity contribution in [2.75, 3.05) is 13.7 Å². The van der Waals surface area contributed by atoms with Gasteiger partial charge in [-0.05, 0) is 43.1 Å². The Kier molecular flexibility index (Phi) is 5.27. The van der Waals surface area contributed by atoms with E-state index in [1.165, 1.54) is 7.11 Å². The molecule has 0 aliphatic rings. The second kappa shape index (κ2) is 6.49. The van der Waals surface area contributed by atoms with E-state index in [2.05, 4.69) is 4.74 Å². The Balaban J connectivity index is 2.94. The topological polar surface area (TPSA) is 92.8 Å². The Morgan fingerprint density at radius 2 is 2.11 bits per heavy atom. The van der Waals surface area contributed by atoms with Crippen molar-refractivity contribution >= 4 is 5.97 Å². The molecule has 0 radical (unpaired) electrons. The van der Waals surface area contributed by atoms with Gasteiger partial charge in [-0.25, -0.2) is 4.79 Å². The third-order valence-electron chi connectivity index (χ3n) is 2.84. The lowest BCUT2D eigenvalue weighted by atomic mass is 9.96. The van der Waals surface area contributed by atoms with Gasteiger partial charge in [-0.3, -0.25) is 0 Å². The number of aliphatic hydroxyl groups is 2. The number of hydrogen-bond donors (Lipinski definition) is 3. The van der Waals surface area contributed by atoms with Gasteiger partial charge in [0.15, 0.2) is 0 Å². The molecule has 0 saturated heterocycles. The van der Waals surface area contributed by atoms with E-state index in [1.54, 1.807) is 25.1 Å². The van der Waals surface area contributed by atoms with Crippen molar-refractivity contribution < 1.29 is 19.7 Å². The molecule has 1 rings (SSSR count). The van der Waals surface area contributed by atoms with Crippen molar-refractivity contribution in [2.45, 2.75) is 25.6 Å². The van der Waals surface area contributed by atoms with Crippen LogP contribution in [0.4, 0.5) is 0 Å². The van der Waals surface area contributed by atoms with Crippen LogP contribution in [-0.2, 0) is 4.74 Å². The van der Waals surface area contributed by atoms with E-state index in [0.717, 1.165) is 5.56 Å². The minimum absolute atomic E-state index is 0.303. The molecule has 0 spiro atoms. The highest BCUT2D eigenvalue weighted by Gasteiger charge is 2.20. The number of carbonyl (C=O) groups is 1. The number of carbonyl (C=O) groups excluding carboxylic acids is 1. The van der Waals surface area contributed by atoms with Crippen LogP contribution in [0.3, 0.4) is 0 Å². The maximum atomic E-state index is 11.3. The summed E-state index contributed by atoms with van der Waals surface area (Å²) in [7, 11) is 1.31. The lowest BCUT2D eigenvalue weighted by Crippen LogP contribution is -2.22. The van der Waals surface area contributed by atoms with Crippen LogP contribution in [0.1, 0.15) is 34.0 Å². The zero-order valence-corrected chi connectivity index (χ0v) is 10.6. The summed E-state index contributed by atoms with van der Waals surface area (Å²) in [5, 5.41) is 19.7. The predicted octanol–water partition coefficient (Wildman–Crippen LogP) is 0.525. The zero-order chi connectivity index (χ0) is 13.7. The highest BCUT2D eigenvalue weighted by atomic mass is 16.5. The summed E-state index contributed by atoms with van der Waals surface area (Å²) in [6, 6.07) is 4.80. The summed E-state index contributed by atoms with van der Waals surface area (Å²) in [5.41, 5.74) is 7.06. The van der Waals surface area contributed by atoms with E-state index in [9.17, 15) is 15.0 Å². The first-order valence-electron chi connectivity index (χ1n) is 5.76. The van der Waals surface area contributed by atoms with Gasteiger partial charge < -0.3 is 20.7 Å². The number of rotatable bonds is 5. The van der Waals surface area contributed by atoms with E-state index >= 15 is 0 Å². The van der Waals surface area contributed by atoms with Crippen molar-refractivity contribution in [1.82, 2.24) is 0 Å². The molecule has 0 aliphatic heterocycles. The number of aryl methyl sites for hydroxylation is 1. The third-order valence-corrected chi connectivity index (χ3v) is 2.84. The molecule has 100 valence electrons. The summed E-state index contributed by atoms with van der Waals surface area (Å²) in [6.45, 7) is 2.07. The van der Waals surface area contributed by atoms with Gasteiger partial charge in [-0.1, -0.05) is 6.07 Å². The van der Waals surface area contributed by atoms with E-state index in [-0.39, 0.29) is 0 Å². The molecule has 2 unspecified atom stereocenters. The predicted molar refractivity (Wildman–Crippen MR) is 67.2 cm³/mol. The molecule has 5 heteroatoms. The van der Waals surface area contributed by atoms with Crippen molar-refractivity contribution in [1.29, 1.82) is 0 Å². The van der Waals surface area contributed by atoms with Crippen molar-refractivity contribution in [3.63, 3.8) is 0 Å². The minimum atomic E-state index is -1.000. The number of ether oxygens (including phenoxy) is 1. The molecule has 1 aromatic carbocycles. The molecule has 5 nitrogen and oxygen atoms in total. The molecule has 0 heterocycles. The molecule has 18 heavy (non-hydrogen) atoms. The fraction of sp³-hybridized carbons (Fsp3) is 0.462. The number of nitrogens with two attached hydrogens (primary N) is 1. The molecule has 2 atom stereocenters. The summed E-state index contributed by atoms with van der Waals surface area (Å²) in [5.74, 6) is -0.429. The van der Waals surface area contributed by atoms with Crippen LogP contribution in [0.15, 0.2) is 18.2 Å². The standard InChI is InChI=1S/C13H19NO4/c1-8-7-9(13(17)18-2)3-4-10(8)12(16)11(15)5-6-14/h3-4,7,11-12,15-16H,5-6,14H2,1-2H3. The maximum absolute atomic E-state index is 11.3. The first-order valence-corrected chi connectivity index (χ1v) is 5.76. The van der Waals surface area contributed by atoms with E-state index in [4.69, 9.17) is 5.73 Å². The van der Waals surface area contributed by atoms with E-state index in [1.807, 2.05) is 0 Å². The maximum Gasteiger partial charge on any atom is 0.337 e. The summed E-state index contributed by atoms with van der Waals surface area (Å²) < 4.78 is 4.61.